The van der Waals surface area contributed by atoms with Crippen LogP contribution in [-0.2, 0) is 6.54 Å². The predicted molar refractivity (Wildman–Crippen MR) is 67.7 cm³/mol. The lowest BCUT2D eigenvalue weighted by Gasteiger charge is -1.98. The largest absolute Gasteiger partial charge is 0.329 e. The number of aromatic amines is 1. The predicted octanol–water partition coefficient (Wildman–Crippen LogP) is 2.30. The zero-order valence-electron chi connectivity index (χ0n) is 9.29. The van der Waals surface area contributed by atoms with Gasteiger partial charge in [-0.05, 0) is 31.3 Å². The summed E-state index contributed by atoms with van der Waals surface area (Å²) in [6.07, 6.45) is 3.68. The monoisotopic (exact) mass is 245 g/mol. The van der Waals surface area contributed by atoms with Crippen LogP contribution in [-0.4, -0.2) is 24.3 Å². The number of aryl methyl sites for hydroxylation is 1. The second-order valence-corrected chi connectivity index (χ2v) is 4.06. The topological polar surface area (TPSA) is 51.4 Å². The van der Waals surface area contributed by atoms with Gasteiger partial charge in [0.05, 0.1) is 5.52 Å². The third-order valence-electron chi connectivity index (χ3n) is 2.62. The number of hydrogen-bond donors (Lipinski definition) is 1. The van der Waals surface area contributed by atoms with Crippen LogP contribution < -0.4 is 0 Å². The molecule has 0 atom stereocenters. The highest BCUT2D eigenvalue weighted by Crippen LogP contribution is 2.15. The highest BCUT2D eigenvalue weighted by atomic mass is 32.1. The summed E-state index contributed by atoms with van der Waals surface area (Å²) in [5, 5.41) is 4.44. The molecule has 0 saturated heterocycles. The molecule has 3 heterocycles. The van der Waals surface area contributed by atoms with E-state index in [1.54, 1.807) is 6.20 Å². The maximum absolute atomic E-state index is 5.30. The summed E-state index contributed by atoms with van der Waals surface area (Å²) in [7, 11) is 0. The Kier molecular flexibility index (Phi) is 2.29. The molecule has 0 spiro atoms. The van der Waals surface area contributed by atoms with Crippen LogP contribution in [0.2, 0.25) is 0 Å². The third-order valence-corrected chi connectivity index (χ3v) is 2.91. The van der Waals surface area contributed by atoms with Gasteiger partial charge in [-0.3, -0.25) is 9.25 Å². The number of imidazole rings is 1. The Morgan fingerprint density at radius 3 is 3.06 bits per heavy atom. The Morgan fingerprint density at radius 2 is 2.29 bits per heavy atom. The summed E-state index contributed by atoms with van der Waals surface area (Å²) in [5.74, 6) is 0.793. The fraction of sp³-hybridized carbons (Fsp3) is 0.182. The molecule has 1 N–H and O–H groups in total. The molecular formula is C11H11N5S. The minimum absolute atomic E-state index is 0.611. The van der Waals surface area contributed by atoms with E-state index in [0.717, 1.165) is 23.5 Å². The van der Waals surface area contributed by atoms with Gasteiger partial charge in [0.2, 0.25) is 0 Å². The molecule has 0 aliphatic rings. The first-order chi connectivity index (χ1) is 8.29. The molecule has 0 bridgehead atoms. The second-order valence-electron chi connectivity index (χ2n) is 3.67. The second kappa shape index (κ2) is 3.81. The average molecular weight is 245 g/mol. The Morgan fingerprint density at radius 1 is 1.41 bits per heavy atom. The van der Waals surface area contributed by atoms with Crippen LogP contribution in [0.15, 0.2) is 30.6 Å². The van der Waals surface area contributed by atoms with Crippen molar-refractivity contribution in [3.05, 3.63) is 35.4 Å². The molecule has 0 saturated carbocycles. The molecule has 3 aromatic rings. The molecule has 0 aromatic carbocycles. The van der Waals surface area contributed by atoms with Gasteiger partial charge in [-0.1, -0.05) is 0 Å². The fourth-order valence-corrected chi connectivity index (χ4v) is 2.09. The Balaban J connectivity index is 2.29. The van der Waals surface area contributed by atoms with Gasteiger partial charge in [-0.15, -0.1) is 0 Å². The number of nitrogens with zero attached hydrogens (tertiary/aromatic N) is 4. The third kappa shape index (κ3) is 1.57. The van der Waals surface area contributed by atoms with E-state index in [-0.39, 0.29) is 0 Å². The smallest absolute Gasteiger partial charge is 0.185 e. The number of hydrogen-bond acceptors (Lipinski definition) is 3. The van der Waals surface area contributed by atoms with Crippen molar-refractivity contribution in [2.45, 2.75) is 13.5 Å². The minimum Gasteiger partial charge on any atom is -0.329 e. The van der Waals surface area contributed by atoms with Crippen molar-refractivity contribution < 1.29 is 0 Å². The van der Waals surface area contributed by atoms with E-state index in [1.807, 2.05) is 40.6 Å². The number of nitrogens with one attached hydrogen (secondary N) is 1. The first kappa shape index (κ1) is 10.2. The van der Waals surface area contributed by atoms with E-state index in [4.69, 9.17) is 12.2 Å². The van der Waals surface area contributed by atoms with Gasteiger partial charge in [0.25, 0.3) is 0 Å². The SMILES string of the molecule is CCn1ccc(-n2c(=S)[nH]c3cccnc32)n1. The van der Waals surface area contributed by atoms with E-state index in [0.29, 0.717) is 4.77 Å². The zero-order chi connectivity index (χ0) is 11.8. The molecule has 17 heavy (non-hydrogen) atoms. The molecular weight excluding hydrogens is 234 g/mol. The molecule has 6 heteroatoms. The molecule has 0 unspecified atom stereocenters. The first-order valence-corrected chi connectivity index (χ1v) is 5.80. The molecule has 3 aromatic heterocycles. The minimum atomic E-state index is 0.611. The van der Waals surface area contributed by atoms with Gasteiger partial charge >= 0.3 is 0 Å². The lowest BCUT2D eigenvalue weighted by molar-refractivity contribution is 0.653. The van der Waals surface area contributed by atoms with E-state index >= 15 is 0 Å². The van der Waals surface area contributed by atoms with Crippen LogP contribution in [0.25, 0.3) is 17.0 Å². The van der Waals surface area contributed by atoms with Gasteiger partial charge in [-0.25, -0.2) is 4.98 Å². The lowest BCUT2D eigenvalue weighted by Crippen LogP contribution is -2.00. The highest BCUT2D eigenvalue weighted by Gasteiger charge is 2.09. The number of H-pyrrole nitrogens is 1. The van der Waals surface area contributed by atoms with Gasteiger partial charge in [0, 0.05) is 25.0 Å². The maximum Gasteiger partial charge on any atom is 0.185 e. The summed E-state index contributed by atoms with van der Waals surface area (Å²) in [5.41, 5.74) is 1.72. The number of rotatable bonds is 2. The summed E-state index contributed by atoms with van der Waals surface area (Å²) >= 11 is 5.30. The molecule has 0 radical (unpaired) electrons. The maximum atomic E-state index is 5.30. The molecule has 0 fully saturated rings. The van der Waals surface area contributed by atoms with Gasteiger partial charge < -0.3 is 4.98 Å². The van der Waals surface area contributed by atoms with Crippen molar-refractivity contribution in [1.82, 2.24) is 24.3 Å². The van der Waals surface area contributed by atoms with Crippen molar-refractivity contribution in [1.29, 1.82) is 0 Å². The number of aromatic nitrogens is 5. The van der Waals surface area contributed by atoms with Crippen LogP contribution in [0.3, 0.4) is 0 Å². The quantitative estimate of drug-likeness (QED) is 0.705. The molecule has 5 nitrogen and oxygen atoms in total. The highest BCUT2D eigenvalue weighted by molar-refractivity contribution is 7.71. The van der Waals surface area contributed by atoms with Crippen LogP contribution in [0.1, 0.15) is 6.92 Å². The summed E-state index contributed by atoms with van der Waals surface area (Å²) < 4.78 is 4.32. The van der Waals surface area contributed by atoms with E-state index in [2.05, 4.69) is 15.1 Å². The summed E-state index contributed by atoms with van der Waals surface area (Å²) in [4.78, 5) is 7.45. The van der Waals surface area contributed by atoms with Crippen LogP contribution in [0.5, 0.6) is 0 Å². The van der Waals surface area contributed by atoms with Crippen molar-refractivity contribution in [2.24, 2.45) is 0 Å². The van der Waals surface area contributed by atoms with Gasteiger partial charge in [-0.2, -0.15) is 5.10 Å². The lowest BCUT2D eigenvalue weighted by atomic mass is 10.4. The van der Waals surface area contributed by atoms with Crippen molar-refractivity contribution in [2.75, 3.05) is 0 Å². The van der Waals surface area contributed by atoms with Crippen LogP contribution >= 0.6 is 12.2 Å². The number of pyridine rings is 1. The standard InChI is InChI=1S/C11H11N5S/c1-2-15-7-5-9(14-15)16-10-8(13-11(16)17)4-3-6-12-10/h3-7H,2H2,1H3,(H,13,17). The Hall–Kier alpha value is -1.95. The number of fused-ring (bicyclic) bond motifs is 1. The molecule has 0 amide bonds. The van der Waals surface area contributed by atoms with Crippen molar-refractivity contribution in [3.8, 4) is 5.82 Å². The van der Waals surface area contributed by atoms with E-state index in [9.17, 15) is 0 Å². The average Bonchev–Trinajstić information content (AvgIpc) is 2.91. The van der Waals surface area contributed by atoms with Crippen LogP contribution in [0.4, 0.5) is 0 Å². The normalized spacial score (nSPS) is 11.1. The zero-order valence-corrected chi connectivity index (χ0v) is 10.1. The van der Waals surface area contributed by atoms with Crippen LogP contribution in [0, 0.1) is 4.77 Å². The molecule has 0 aliphatic heterocycles. The fourth-order valence-electron chi connectivity index (χ4n) is 1.80. The summed E-state index contributed by atoms with van der Waals surface area (Å²) in [6, 6.07) is 5.76. The van der Waals surface area contributed by atoms with E-state index < -0.39 is 0 Å². The Bertz CT molecular complexity index is 721. The van der Waals surface area contributed by atoms with E-state index in [1.165, 1.54) is 0 Å². The molecule has 0 aliphatic carbocycles. The summed E-state index contributed by atoms with van der Waals surface area (Å²) in [6.45, 7) is 2.88. The first-order valence-electron chi connectivity index (χ1n) is 5.39. The van der Waals surface area contributed by atoms with Crippen molar-refractivity contribution in [3.63, 3.8) is 0 Å². The Labute approximate surface area is 103 Å². The van der Waals surface area contributed by atoms with Gasteiger partial charge in [0.1, 0.15) is 0 Å². The molecule has 86 valence electrons. The van der Waals surface area contributed by atoms with Crippen molar-refractivity contribution >= 4 is 23.4 Å². The van der Waals surface area contributed by atoms with Gasteiger partial charge in [0.15, 0.2) is 16.2 Å². The molecule has 3 rings (SSSR count).